The molecule has 1 atom stereocenters. The highest BCUT2D eigenvalue weighted by Crippen LogP contribution is 2.29. The van der Waals surface area contributed by atoms with E-state index in [1.165, 1.54) is 0 Å². The SMILES string of the molecule is Nc1nccc2c1n(-c1ccc(Oc3ccc(OCc4ccccc4)cc3)cc1)c(=O)n2[C@@H]1CCCNC1. The van der Waals surface area contributed by atoms with E-state index in [0.717, 1.165) is 42.8 Å². The highest BCUT2D eigenvalue weighted by molar-refractivity contribution is 5.87. The Balaban J connectivity index is 1.22. The predicted molar refractivity (Wildman–Crippen MR) is 148 cm³/mol. The maximum atomic E-state index is 13.7. The van der Waals surface area contributed by atoms with Crippen molar-refractivity contribution in [3.63, 3.8) is 0 Å². The maximum absolute atomic E-state index is 13.7. The number of anilines is 1. The Morgan fingerprint density at radius 1 is 0.921 bits per heavy atom. The Morgan fingerprint density at radius 3 is 2.34 bits per heavy atom. The lowest BCUT2D eigenvalue weighted by molar-refractivity contribution is 0.306. The second-order valence-corrected chi connectivity index (χ2v) is 9.39. The minimum absolute atomic E-state index is 0.0732. The standard InChI is InChI=1S/C30H29N5O3/c31-29-28-27(16-18-33-29)34(23-7-4-17-32-19-23)30(36)35(28)22-8-10-25(11-9-22)38-26-14-12-24(13-15-26)37-20-21-5-2-1-3-6-21/h1-3,5-6,8-16,18,23,32H,4,7,17,19-20H2,(H2,31,33)/t23-/m1/s1. The van der Waals surface area contributed by atoms with Crippen molar-refractivity contribution in [3.8, 4) is 22.9 Å². The number of nitrogens with one attached hydrogen (secondary N) is 1. The third-order valence-corrected chi connectivity index (χ3v) is 6.85. The van der Waals surface area contributed by atoms with Crippen molar-refractivity contribution < 1.29 is 9.47 Å². The number of ether oxygens (including phenoxy) is 2. The van der Waals surface area contributed by atoms with Crippen molar-refractivity contribution in [1.29, 1.82) is 0 Å². The van der Waals surface area contributed by atoms with Gasteiger partial charge in [-0.05, 0) is 79.5 Å². The number of aromatic nitrogens is 3. The Labute approximate surface area is 220 Å². The molecule has 0 aliphatic carbocycles. The topological polar surface area (TPSA) is 96.3 Å². The van der Waals surface area contributed by atoms with Gasteiger partial charge in [-0.15, -0.1) is 0 Å². The number of piperidine rings is 1. The molecule has 0 spiro atoms. The molecule has 192 valence electrons. The van der Waals surface area contributed by atoms with E-state index in [1.807, 2.05) is 89.5 Å². The lowest BCUT2D eigenvalue weighted by Gasteiger charge is -2.23. The van der Waals surface area contributed by atoms with E-state index in [1.54, 1.807) is 10.8 Å². The van der Waals surface area contributed by atoms with Crippen LogP contribution in [-0.4, -0.2) is 27.2 Å². The molecular weight excluding hydrogens is 478 g/mol. The lowest BCUT2D eigenvalue weighted by atomic mass is 10.1. The van der Waals surface area contributed by atoms with Gasteiger partial charge in [0.2, 0.25) is 0 Å². The first-order chi connectivity index (χ1) is 18.7. The Kier molecular flexibility index (Phi) is 6.54. The van der Waals surface area contributed by atoms with Crippen molar-refractivity contribution >= 4 is 16.9 Å². The number of nitrogen functional groups attached to an aromatic ring is 1. The summed E-state index contributed by atoms with van der Waals surface area (Å²) < 4.78 is 15.4. The van der Waals surface area contributed by atoms with Crippen LogP contribution in [0.1, 0.15) is 24.4 Å². The molecule has 0 amide bonds. The molecular formula is C30H29N5O3. The van der Waals surface area contributed by atoms with Gasteiger partial charge in [-0.1, -0.05) is 30.3 Å². The fraction of sp³-hybridized carbons (Fsp3) is 0.200. The zero-order chi connectivity index (χ0) is 25.9. The second-order valence-electron chi connectivity index (χ2n) is 9.39. The predicted octanol–water partition coefficient (Wildman–Crippen LogP) is 5.07. The van der Waals surface area contributed by atoms with E-state index in [2.05, 4.69) is 10.3 Å². The molecule has 3 aromatic carbocycles. The number of imidazole rings is 1. The molecule has 0 bridgehead atoms. The average molecular weight is 508 g/mol. The van der Waals surface area contributed by atoms with Gasteiger partial charge in [0.05, 0.1) is 17.2 Å². The summed E-state index contributed by atoms with van der Waals surface area (Å²) in [5, 5.41) is 3.40. The van der Waals surface area contributed by atoms with E-state index in [9.17, 15) is 4.79 Å². The molecule has 1 saturated heterocycles. The quantitative estimate of drug-likeness (QED) is 0.320. The molecule has 6 rings (SSSR count). The van der Waals surface area contributed by atoms with Crippen LogP contribution in [0.2, 0.25) is 0 Å². The smallest absolute Gasteiger partial charge is 0.334 e. The minimum Gasteiger partial charge on any atom is -0.489 e. The number of benzene rings is 3. The zero-order valence-corrected chi connectivity index (χ0v) is 20.9. The first kappa shape index (κ1) is 23.8. The Morgan fingerprint density at radius 2 is 1.63 bits per heavy atom. The number of hydrogen-bond donors (Lipinski definition) is 2. The molecule has 0 radical (unpaired) electrons. The van der Waals surface area contributed by atoms with Gasteiger partial charge in [-0.2, -0.15) is 0 Å². The van der Waals surface area contributed by atoms with Crippen molar-refractivity contribution in [2.75, 3.05) is 18.8 Å². The fourth-order valence-corrected chi connectivity index (χ4v) is 4.98. The van der Waals surface area contributed by atoms with Crippen LogP contribution in [-0.2, 0) is 6.61 Å². The summed E-state index contributed by atoms with van der Waals surface area (Å²) in [7, 11) is 0. The summed E-state index contributed by atoms with van der Waals surface area (Å²) in [4.78, 5) is 17.9. The molecule has 5 aromatic rings. The number of rotatable bonds is 7. The minimum atomic E-state index is -0.117. The zero-order valence-electron chi connectivity index (χ0n) is 20.9. The maximum Gasteiger partial charge on any atom is 0.334 e. The van der Waals surface area contributed by atoms with Crippen LogP contribution in [0.15, 0.2) is 95.9 Å². The largest absolute Gasteiger partial charge is 0.489 e. The summed E-state index contributed by atoms with van der Waals surface area (Å²) in [5.41, 5.74) is 9.40. The third kappa shape index (κ3) is 4.73. The summed E-state index contributed by atoms with van der Waals surface area (Å²) in [6.45, 7) is 2.23. The number of pyridine rings is 1. The molecule has 3 N–H and O–H groups in total. The van der Waals surface area contributed by atoms with Gasteiger partial charge >= 0.3 is 5.69 Å². The van der Waals surface area contributed by atoms with Crippen LogP contribution < -0.4 is 26.2 Å². The van der Waals surface area contributed by atoms with Crippen LogP contribution in [0.5, 0.6) is 17.2 Å². The molecule has 3 heterocycles. The second kappa shape index (κ2) is 10.4. The molecule has 1 aliphatic rings. The van der Waals surface area contributed by atoms with E-state index in [0.29, 0.717) is 35.1 Å². The fourth-order valence-electron chi connectivity index (χ4n) is 4.98. The monoisotopic (exact) mass is 507 g/mol. The first-order valence-electron chi connectivity index (χ1n) is 12.8. The van der Waals surface area contributed by atoms with Crippen LogP contribution in [0.3, 0.4) is 0 Å². The average Bonchev–Trinajstić information content (AvgIpc) is 3.27. The number of nitrogens with zero attached hydrogens (tertiary/aromatic N) is 3. The Bertz CT molecular complexity index is 1590. The van der Waals surface area contributed by atoms with Gasteiger partial charge in [-0.3, -0.25) is 9.13 Å². The molecule has 1 fully saturated rings. The van der Waals surface area contributed by atoms with Crippen LogP contribution in [0.4, 0.5) is 5.82 Å². The number of fused-ring (bicyclic) bond motifs is 1. The molecule has 2 aromatic heterocycles. The molecule has 8 heteroatoms. The van der Waals surface area contributed by atoms with Crippen molar-refractivity contribution in [1.82, 2.24) is 19.4 Å². The highest BCUT2D eigenvalue weighted by Gasteiger charge is 2.24. The first-order valence-corrected chi connectivity index (χ1v) is 12.8. The van der Waals surface area contributed by atoms with Gasteiger partial charge in [0.25, 0.3) is 0 Å². The van der Waals surface area contributed by atoms with E-state index in [4.69, 9.17) is 15.2 Å². The summed E-state index contributed by atoms with van der Waals surface area (Å²) >= 11 is 0. The number of nitrogens with two attached hydrogens (primary N) is 1. The van der Waals surface area contributed by atoms with E-state index >= 15 is 0 Å². The Hall–Kier alpha value is -4.56. The van der Waals surface area contributed by atoms with Gasteiger partial charge < -0.3 is 20.5 Å². The van der Waals surface area contributed by atoms with E-state index < -0.39 is 0 Å². The van der Waals surface area contributed by atoms with Gasteiger partial charge in [-0.25, -0.2) is 9.78 Å². The van der Waals surface area contributed by atoms with Crippen molar-refractivity contribution in [2.45, 2.75) is 25.5 Å². The van der Waals surface area contributed by atoms with Gasteiger partial charge in [0, 0.05) is 12.7 Å². The van der Waals surface area contributed by atoms with E-state index in [-0.39, 0.29) is 11.7 Å². The molecule has 0 saturated carbocycles. The molecule has 8 nitrogen and oxygen atoms in total. The highest BCUT2D eigenvalue weighted by atomic mass is 16.5. The third-order valence-electron chi connectivity index (χ3n) is 6.85. The van der Waals surface area contributed by atoms with Gasteiger partial charge in [0.15, 0.2) is 0 Å². The van der Waals surface area contributed by atoms with Crippen LogP contribution in [0.25, 0.3) is 16.7 Å². The lowest BCUT2D eigenvalue weighted by Crippen LogP contribution is -2.36. The summed E-state index contributed by atoms with van der Waals surface area (Å²) in [5.74, 6) is 2.45. The summed E-state index contributed by atoms with van der Waals surface area (Å²) in [6, 6.07) is 26.9. The molecule has 1 aliphatic heterocycles. The molecule has 0 unspecified atom stereocenters. The van der Waals surface area contributed by atoms with Crippen molar-refractivity contribution in [2.24, 2.45) is 0 Å². The summed E-state index contributed by atoms with van der Waals surface area (Å²) in [6.07, 6.45) is 3.62. The van der Waals surface area contributed by atoms with Gasteiger partial charge in [0.1, 0.15) is 35.2 Å². The van der Waals surface area contributed by atoms with Crippen molar-refractivity contribution in [3.05, 3.63) is 107 Å². The van der Waals surface area contributed by atoms with Crippen LogP contribution in [0, 0.1) is 0 Å². The number of hydrogen-bond acceptors (Lipinski definition) is 6. The normalized spacial score (nSPS) is 15.4. The van der Waals surface area contributed by atoms with Crippen LogP contribution >= 0.6 is 0 Å². The molecule has 38 heavy (non-hydrogen) atoms.